The van der Waals surface area contributed by atoms with Crippen molar-refractivity contribution in [3.63, 3.8) is 0 Å². The van der Waals surface area contributed by atoms with Crippen LogP contribution in [0, 0.1) is 11.8 Å². The van der Waals surface area contributed by atoms with Gasteiger partial charge in [-0.3, -0.25) is 0 Å². The molecule has 0 aliphatic heterocycles. The van der Waals surface area contributed by atoms with E-state index in [-0.39, 0.29) is 10.8 Å². The fourth-order valence-electron chi connectivity index (χ4n) is 13.1. The van der Waals surface area contributed by atoms with E-state index in [1.165, 1.54) is 120 Å². The van der Waals surface area contributed by atoms with Crippen LogP contribution in [0.15, 0.2) is 200 Å². The molecular formula is C62H49N. The highest BCUT2D eigenvalue weighted by atomic mass is 15.1. The monoisotopic (exact) mass is 807 g/mol. The topological polar surface area (TPSA) is 3.24 Å². The Morgan fingerprint density at radius 2 is 1.02 bits per heavy atom. The number of hydrogen-bond acceptors (Lipinski definition) is 1. The minimum atomic E-state index is -0.0964. The van der Waals surface area contributed by atoms with Crippen LogP contribution in [0.1, 0.15) is 61.8 Å². The highest BCUT2D eigenvalue weighted by Crippen LogP contribution is 2.66. The van der Waals surface area contributed by atoms with Crippen LogP contribution in [0.4, 0.5) is 17.1 Å². The van der Waals surface area contributed by atoms with Crippen LogP contribution in [0.5, 0.6) is 0 Å². The van der Waals surface area contributed by atoms with Crippen LogP contribution in [0.2, 0.25) is 0 Å². The minimum Gasteiger partial charge on any atom is -0.310 e. The number of benzene rings is 9. The summed E-state index contributed by atoms with van der Waals surface area (Å²) >= 11 is 0. The van der Waals surface area contributed by atoms with Crippen LogP contribution in [0.3, 0.4) is 0 Å². The molecule has 1 nitrogen and oxygen atoms in total. The van der Waals surface area contributed by atoms with Crippen LogP contribution in [-0.2, 0) is 10.8 Å². The maximum absolute atomic E-state index is 2.60. The van der Waals surface area contributed by atoms with E-state index in [0.29, 0.717) is 5.92 Å². The van der Waals surface area contributed by atoms with Gasteiger partial charge in [0.25, 0.3) is 0 Å². The van der Waals surface area contributed by atoms with Crippen molar-refractivity contribution < 1.29 is 0 Å². The Hall–Kier alpha value is -6.96. The first kappa shape index (κ1) is 36.7. The largest absolute Gasteiger partial charge is 0.310 e. The zero-order valence-electron chi connectivity index (χ0n) is 36.0. The van der Waals surface area contributed by atoms with E-state index >= 15 is 0 Å². The molecule has 4 aliphatic carbocycles. The molecule has 3 atom stereocenters. The van der Waals surface area contributed by atoms with Crippen molar-refractivity contribution in [2.24, 2.45) is 11.8 Å². The third-order valence-electron chi connectivity index (χ3n) is 15.7. The van der Waals surface area contributed by atoms with Crippen molar-refractivity contribution in [1.29, 1.82) is 0 Å². The van der Waals surface area contributed by atoms with Crippen molar-refractivity contribution >= 4 is 27.8 Å². The molecule has 2 bridgehead atoms. The Bertz CT molecular complexity index is 3280. The van der Waals surface area contributed by atoms with Crippen LogP contribution in [-0.4, -0.2) is 0 Å². The van der Waals surface area contributed by atoms with Gasteiger partial charge < -0.3 is 4.90 Å². The van der Waals surface area contributed by atoms with Crippen molar-refractivity contribution in [3.8, 4) is 55.6 Å². The maximum Gasteiger partial charge on any atom is 0.0540 e. The van der Waals surface area contributed by atoms with Crippen molar-refractivity contribution in [3.05, 3.63) is 222 Å². The van der Waals surface area contributed by atoms with E-state index in [0.717, 1.165) is 11.6 Å². The Morgan fingerprint density at radius 3 is 1.78 bits per heavy atom. The summed E-state index contributed by atoms with van der Waals surface area (Å²) in [5.41, 5.74) is 22.5. The van der Waals surface area contributed by atoms with Gasteiger partial charge in [-0.15, -0.1) is 0 Å². The summed E-state index contributed by atoms with van der Waals surface area (Å²) < 4.78 is 0. The highest BCUT2D eigenvalue weighted by Gasteiger charge is 2.56. The lowest BCUT2D eigenvalue weighted by molar-refractivity contribution is 0.327. The number of nitrogens with zero attached hydrogens (tertiary/aromatic N) is 1. The van der Waals surface area contributed by atoms with Gasteiger partial charge in [0, 0.05) is 27.8 Å². The molecule has 3 unspecified atom stereocenters. The number of para-hydroxylation sites is 1. The van der Waals surface area contributed by atoms with Gasteiger partial charge in [-0.2, -0.15) is 0 Å². The third kappa shape index (κ3) is 5.29. The molecule has 0 amide bonds. The quantitative estimate of drug-likeness (QED) is 0.162. The Balaban J connectivity index is 1.02. The van der Waals surface area contributed by atoms with E-state index in [2.05, 4.69) is 219 Å². The van der Waals surface area contributed by atoms with Crippen molar-refractivity contribution in [2.75, 3.05) is 4.90 Å². The zero-order valence-corrected chi connectivity index (χ0v) is 36.0. The van der Waals surface area contributed by atoms with Gasteiger partial charge in [-0.1, -0.05) is 190 Å². The predicted octanol–water partition coefficient (Wildman–Crippen LogP) is 16.7. The summed E-state index contributed by atoms with van der Waals surface area (Å²) in [5, 5.41) is 2.52. The molecule has 302 valence electrons. The van der Waals surface area contributed by atoms with Gasteiger partial charge in [0.1, 0.15) is 0 Å². The fourth-order valence-corrected chi connectivity index (χ4v) is 13.1. The first-order valence-electron chi connectivity index (χ1n) is 23.0. The first-order chi connectivity index (χ1) is 31.0. The smallest absolute Gasteiger partial charge is 0.0540 e. The summed E-state index contributed by atoms with van der Waals surface area (Å²) in [6.07, 6.45) is 5.31. The van der Waals surface area contributed by atoms with E-state index in [1.54, 1.807) is 5.56 Å². The van der Waals surface area contributed by atoms with Gasteiger partial charge in [-0.25, -0.2) is 0 Å². The summed E-state index contributed by atoms with van der Waals surface area (Å²) in [5.74, 6) is 1.50. The van der Waals surface area contributed by atoms with Gasteiger partial charge in [0.15, 0.2) is 0 Å². The number of fused-ring (bicyclic) bond motifs is 12. The Labute approximate surface area is 371 Å². The maximum atomic E-state index is 2.60. The SMILES string of the molecule is CC1(C)c2ccccc2-c2cccc(-c3ccc(N(c4ccc5c(c4)C4(CC6CCC4C6)c4ccccc4-5)c4ccccc4-c4cccc5cccc(-c6ccccc6)c45)cc3)c21. The molecule has 9 aromatic rings. The molecule has 0 heterocycles. The Kier molecular flexibility index (Phi) is 8.02. The van der Waals surface area contributed by atoms with Gasteiger partial charge in [0.2, 0.25) is 0 Å². The van der Waals surface area contributed by atoms with Gasteiger partial charge in [0.05, 0.1) is 5.69 Å². The lowest BCUT2D eigenvalue weighted by Gasteiger charge is -2.37. The summed E-state index contributed by atoms with van der Waals surface area (Å²) in [6, 6.07) is 75.7. The van der Waals surface area contributed by atoms with E-state index in [9.17, 15) is 0 Å². The third-order valence-corrected chi connectivity index (χ3v) is 15.7. The second-order valence-electron chi connectivity index (χ2n) is 19.2. The van der Waals surface area contributed by atoms with Crippen LogP contribution in [0.25, 0.3) is 66.4 Å². The molecule has 0 saturated heterocycles. The van der Waals surface area contributed by atoms with E-state index in [4.69, 9.17) is 0 Å². The molecule has 0 radical (unpaired) electrons. The van der Waals surface area contributed by atoms with Crippen LogP contribution < -0.4 is 4.90 Å². The molecule has 63 heavy (non-hydrogen) atoms. The second kappa shape index (κ2) is 13.8. The van der Waals surface area contributed by atoms with Crippen molar-refractivity contribution in [2.45, 2.75) is 50.4 Å². The first-order valence-corrected chi connectivity index (χ1v) is 23.0. The molecule has 2 fully saturated rings. The van der Waals surface area contributed by atoms with E-state index < -0.39 is 0 Å². The molecule has 1 heteroatoms. The van der Waals surface area contributed by atoms with Crippen molar-refractivity contribution in [1.82, 2.24) is 0 Å². The number of hydrogen-bond donors (Lipinski definition) is 0. The lowest BCUT2D eigenvalue weighted by Crippen LogP contribution is -2.32. The normalized spacial score (nSPS) is 19.5. The predicted molar refractivity (Wildman–Crippen MR) is 264 cm³/mol. The average molecular weight is 808 g/mol. The summed E-state index contributed by atoms with van der Waals surface area (Å²) in [7, 11) is 0. The second-order valence-corrected chi connectivity index (χ2v) is 19.2. The fraction of sp³-hybridized carbons (Fsp3) is 0.161. The number of anilines is 3. The average Bonchev–Trinajstić information content (AvgIpc) is 4.09. The highest BCUT2D eigenvalue weighted by molar-refractivity contribution is 6.09. The van der Waals surface area contributed by atoms with Crippen LogP contribution >= 0.6 is 0 Å². The molecule has 1 spiro atoms. The molecule has 4 aliphatic rings. The van der Waals surface area contributed by atoms with E-state index in [1.807, 2.05) is 0 Å². The molecule has 9 aromatic carbocycles. The summed E-state index contributed by atoms with van der Waals surface area (Å²) in [4.78, 5) is 2.56. The zero-order chi connectivity index (χ0) is 41.9. The lowest BCUT2D eigenvalue weighted by atomic mass is 9.67. The molecule has 0 N–H and O–H groups in total. The molecule has 0 aromatic heterocycles. The van der Waals surface area contributed by atoms with Gasteiger partial charge in [-0.05, 0) is 145 Å². The molecule has 13 rings (SSSR count). The van der Waals surface area contributed by atoms with Gasteiger partial charge >= 0.3 is 0 Å². The summed E-state index contributed by atoms with van der Waals surface area (Å²) in [6.45, 7) is 4.78. The molecular weight excluding hydrogens is 759 g/mol. The standard InChI is InChI=1S/C62H49N/c1-61(2)55-26-9-6-20-50(55)54-25-14-23-48(60(54)61)42-30-33-45(34-31-42)63(46-35-36-51-49-19-7-10-27-56(49)62(57(51)38-46)39-40-29-32-44(62)37-40)58-28-11-8-21-52(58)53-24-13-18-43-17-12-22-47(59(43)53)41-15-4-3-5-16-41/h3-28,30-31,33-36,38,40,44H,29,32,37,39H2,1-2H3. The molecule has 2 saturated carbocycles. The number of rotatable bonds is 6. The minimum absolute atomic E-state index is 0.0815. The Morgan fingerprint density at radius 1 is 0.429 bits per heavy atom.